The van der Waals surface area contributed by atoms with Crippen molar-refractivity contribution in [1.82, 2.24) is 9.55 Å². The van der Waals surface area contributed by atoms with Gasteiger partial charge in [-0.3, -0.25) is 0 Å². The van der Waals surface area contributed by atoms with E-state index in [9.17, 15) is 4.79 Å². The summed E-state index contributed by atoms with van der Waals surface area (Å²) >= 11 is -0.0289. The van der Waals surface area contributed by atoms with Gasteiger partial charge in [0, 0.05) is 0 Å². The molecule has 2 aliphatic rings. The fraction of sp³-hybridized carbons (Fsp3) is 0.429. The second-order valence-electron chi connectivity index (χ2n) is 11.1. The number of aromatic nitrogens is 2. The van der Waals surface area contributed by atoms with E-state index in [0.29, 0.717) is 6.61 Å². The molecular weight excluding hydrogens is 549 g/mol. The zero-order chi connectivity index (χ0) is 26.4. The first-order valence-electron chi connectivity index (χ1n) is 12.6. The summed E-state index contributed by atoms with van der Waals surface area (Å²) < 4.78 is 21.7. The van der Waals surface area contributed by atoms with Crippen molar-refractivity contribution in [2.45, 2.75) is 67.4 Å². The number of nitrogens with two attached hydrogens (primary N) is 1. The third-order valence-electron chi connectivity index (χ3n) is 7.13. The van der Waals surface area contributed by atoms with Gasteiger partial charge >= 0.3 is 226 Å². The summed E-state index contributed by atoms with van der Waals surface area (Å²) in [5.41, 5.74) is 5.41. The Morgan fingerprint density at radius 3 is 2.11 bits per heavy atom. The summed E-state index contributed by atoms with van der Waals surface area (Å²) in [4.78, 5) is 16.7. The minimum absolute atomic E-state index is 0.0289. The molecule has 4 unspecified atom stereocenters. The topological polar surface area (TPSA) is 88.6 Å². The van der Waals surface area contributed by atoms with E-state index in [-0.39, 0.29) is 53.5 Å². The maximum atomic E-state index is 12.8. The van der Waals surface area contributed by atoms with Gasteiger partial charge in [0.2, 0.25) is 0 Å². The molecule has 2 saturated heterocycles. The van der Waals surface area contributed by atoms with Gasteiger partial charge in [0.25, 0.3) is 0 Å². The Labute approximate surface area is 225 Å². The van der Waals surface area contributed by atoms with Crippen molar-refractivity contribution in [2.24, 2.45) is 0 Å². The molecule has 0 radical (unpaired) electrons. The Morgan fingerprint density at radius 1 is 1.00 bits per heavy atom. The van der Waals surface area contributed by atoms with E-state index in [1.807, 2.05) is 13.8 Å². The fourth-order valence-corrected chi connectivity index (χ4v) is 13.7. The summed E-state index contributed by atoms with van der Waals surface area (Å²) in [6, 6.07) is 23.0. The molecule has 7 nitrogen and oxygen atoms in total. The van der Waals surface area contributed by atoms with Crippen LogP contribution in [0.3, 0.4) is 0 Å². The molecule has 2 aromatic carbocycles. The molecule has 0 saturated carbocycles. The number of hydrogen-bond acceptors (Lipinski definition) is 6. The second kappa shape index (κ2) is 9.80. The maximum absolute atomic E-state index is 12.8. The molecule has 4 atom stereocenters. The number of nitrogens with zero attached hydrogens (tertiary/aromatic N) is 2. The number of hydrogen-bond donors (Lipinski definition) is 1. The normalized spacial score (nSPS) is 25.2. The van der Waals surface area contributed by atoms with Gasteiger partial charge in [0.05, 0.1) is 0 Å². The molecule has 0 amide bonds. The molecule has 0 spiro atoms. The average Bonchev–Trinajstić information content (AvgIpc) is 3.33. The summed E-state index contributed by atoms with van der Waals surface area (Å²) in [6.07, 6.45) is 1.32. The summed E-state index contributed by atoms with van der Waals surface area (Å²) in [5, 5.41) is 2.37. The number of anilines is 1. The van der Waals surface area contributed by atoms with Crippen molar-refractivity contribution in [3.05, 3.63) is 83.4 Å². The van der Waals surface area contributed by atoms with Crippen LogP contribution in [0.15, 0.2) is 77.7 Å². The van der Waals surface area contributed by atoms with Crippen molar-refractivity contribution in [2.75, 3.05) is 12.3 Å². The Morgan fingerprint density at radius 2 is 1.57 bits per heavy atom. The number of ether oxygens (including phenoxy) is 2. The van der Waals surface area contributed by atoms with Crippen LogP contribution in [0.5, 0.6) is 0 Å². The summed E-state index contributed by atoms with van der Waals surface area (Å²) in [7, 11) is -2.70. The average molecular weight is 585 g/mol. The Hall–Kier alpha value is -2.26. The summed E-state index contributed by atoms with van der Waals surface area (Å²) in [6.45, 7) is 11.2. The van der Waals surface area contributed by atoms with Crippen LogP contribution in [-0.4, -0.2) is 57.4 Å². The third kappa shape index (κ3) is 4.85. The molecule has 9 heteroatoms. The molecule has 2 fully saturated rings. The minimum atomic E-state index is -2.70. The van der Waals surface area contributed by atoms with Gasteiger partial charge < -0.3 is 0 Å². The molecule has 0 aliphatic carbocycles. The van der Waals surface area contributed by atoms with E-state index in [2.05, 4.69) is 86.4 Å². The molecule has 2 aliphatic heterocycles. The number of rotatable bonds is 6. The van der Waals surface area contributed by atoms with Crippen molar-refractivity contribution in [3.8, 4) is 0 Å². The first-order valence-corrected chi connectivity index (χ1v) is 16.5. The Balaban J connectivity index is 1.52. The zero-order valence-corrected chi connectivity index (χ0v) is 24.7. The predicted octanol–water partition coefficient (Wildman–Crippen LogP) is 2.93. The van der Waals surface area contributed by atoms with Crippen molar-refractivity contribution >= 4 is 39.5 Å². The van der Waals surface area contributed by atoms with Crippen molar-refractivity contribution < 1.29 is 13.9 Å². The number of fused-ring (bicyclic) bond motifs is 1. The van der Waals surface area contributed by atoms with Crippen molar-refractivity contribution in [3.63, 3.8) is 0 Å². The predicted molar refractivity (Wildman–Crippen MR) is 149 cm³/mol. The van der Waals surface area contributed by atoms with Crippen LogP contribution in [0.25, 0.3) is 0 Å². The SMILES string of the molecule is CC1(C)OC2C(CO[Si](c3ccccc3)(c3ccccc3)C(C)(C)C)[Se]C(n3ccc(N)nc3=O)C2O1. The number of benzene rings is 2. The Bertz CT molecular complexity index is 1260. The van der Waals surface area contributed by atoms with E-state index < -0.39 is 14.1 Å². The van der Waals surface area contributed by atoms with E-state index in [0.717, 1.165) is 0 Å². The number of nitrogen functional groups attached to an aromatic ring is 1. The monoisotopic (exact) mass is 585 g/mol. The van der Waals surface area contributed by atoms with Crippen LogP contribution >= 0.6 is 0 Å². The van der Waals surface area contributed by atoms with Gasteiger partial charge in [-0.05, 0) is 0 Å². The van der Waals surface area contributed by atoms with Gasteiger partial charge in [-0.25, -0.2) is 0 Å². The van der Waals surface area contributed by atoms with E-state index in [4.69, 9.17) is 19.6 Å². The molecule has 5 rings (SSSR count). The fourth-order valence-electron chi connectivity index (χ4n) is 5.61. The van der Waals surface area contributed by atoms with Gasteiger partial charge in [-0.15, -0.1) is 0 Å². The van der Waals surface area contributed by atoms with Gasteiger partial charge in [0.15, 0.2) is 0 Å². The van der Waals surface area contributed by atoms with Crippen LogP contribution in [-0.2, 0) is 13.9 Å². The molecular formula is C28H35N3O4SeSi. The van der Waals surface area contributed by atoms with E-state index in [1.165, 1.54) is 10.4 Å². The molecule has 0 bridgehead atoms. The molecule has 196 valence electrons. The van der Waals surface area contributed by atoms with Gasteiger partial charge in [0.1, 0.15) is 0 Å². The van der Waals surface area contributed by atoms with Crippen LogP contribution in [0.2, 0.25) is 9.85 Å². The van der Waals surface area contributed by atoms with Gasteiger partial charge in [-0.1, -0.05) is 0 Å². The molecule has 37 heavy (non-hydrogen) atoms. The first kappa shape index (κ1) is 26.3. The van der Waals surface area contributed by atoms with Crippen molar-refractivity contribution in [1.29, 1.82) is 0 Å². The third-order valence-corrected chi connectivity index (χ3v) is 15.3. The standard InChI is InChI=1S/C28H35N3O4SeSi/c1-27(2,3)37(19-12-8-6-9-13-19,20-14-10-7-11-15-20)33-18-21-23-24(35-28(4,5)34-23)25(36-21)31-17-16-22(29)30-26(31)32/h6-17,21,23-25H,18H2,1-5H3,(H2,29,30,32). The molecule has 3 aromatic rings. The molecule has 3 heterocycles. The van der Waals surface area contributed by atoms with Crippen LogP contribution in [0.4, 0.5) is 5.82 Å². The van der Waals surface area contributed by atoms with Crippen LogP contribution in [0, 0.1) is 0 Å². The van der Waals surface area contributed by atoms with Gasteiger partial charge in [-0.2, -0.15) is 0 Å². The second-order valence-corrected chi connectivity index (χ2v) is 18.3. The quantitative estimate of drug-likeness (QED) is 0.449. The van der Waals surface area contributed by atoms with Crippen LogP contribution in [0.1, 0.15) is 39.6 Å². The molecule has 1 aromatic heterocycles. The zero-order valence-electron chi connectivity index (χ0n) is 22.0. The summed E-state index contributed by atoms with van der Waals surface area (Å²) in [5.74, 6) is -0.510. The Kier molecular flexibility index (Phi) is 6.98. The van der Waals surface area contributed by atoms with Crippen LogP contribution < -0.4 is 21.8 Å². The van der Waals surface area contributed by atoms with E-state index >= 15 is 0 Å². The molecule has 2 N–H and O–H groups in total. The van der Waals surface area contributed by atoms with E-state index in [1.54, 1.807) is 16.8 Å². The first-order chi connectivity index (χ1) is 17.5.